The molecule has 4 rings (SSSR count). The average Bonchev–Trinajstić information content (AvgIpc) is 2.83. The van der Waals surface area contributed by atoms with E-state index in [1.54, 1.807) is 24.3 Å². The number of nitrogens with zero attached hydrogens (tertiary/aromatic N) is 1. The number of nitrogens with one attached hydrogen (secondary N) is 1. The monoisotopic (exact) mass is 466 g/mol. The largest absolute Gasteiger partial charge is 0.497 e. The molecule has 1 heterocycles. The van der Waals surface area contributed by atoms with Gasteiger partial charge in [0.25, 0.3) is 15.9 Å². The minimum absolute atomic E-state index is 0.105. The maximum absolute atomic E-state index is 13.5. The minimum Gasteiger partial charge on any atom is -0.497 e. The molecule has 8 heteroatoms. The number of sulfonamides is 1. The lowest BCUT2D eigenvalue weighted by Gasteiger charge is -2.35. The predicted molar refractivity (Wildman–Crippen MR) is 126 cm³/mol. The zero-order valence-corrected chi connectivity index (χ0v) is 19.5. The molecule has 3 aromatic carbocycles. The first kappa shape index (κ1) is 22.7. The van der Waals surface area contributed by atoms with Gasteiger partial charge in [0.2, 0.25) is 0 Å². The summed E-state index contributed by atoms with van der Waals surface area (Å²) < 4.78 is 39.4. The molecule has 0 aromatic heterocycles. The summed E-state index contributed by atoms with van der Waals surface area (Å²) in [5.41, 5.74) is 2.24. The number of hydrogen-bond donors (Lipinski definition) is 1. The van der Waals surface area contributed by atoms with E-state index >= 15 is 0 Å². The molecule has 0 saturated carbocycles. The van der Waals surface area contributed by atoms with Crippen molar-refractivity contribution in [2.24, 2.45) is 0 Å². The van der Waals surface area contributed by atoms with Crippen LogP contribution in [0, 0.1) is 6.92 Å². The van der Waals surface area contributed by atoms with E-state index in [4.69, 9.17) is 9.47 Å². The molecular weight excluding hydrogens is 440 g/mol. The van der Waals surface area contributed by atoms with Gasteiger partial charge >= 0.3 is 0 Å². The predicted octanol–water partition coefficient (Wildman–Crippen LogP) is 3.84. The number of carbonyl (C=O) groups excluding carboxylic acids is 1. The minimum atomic E-state index is -3.94. The van der Waals surface area contributed by atoms with Crippen molar-refractivity contribution in [2.45, 2.75) is 30.9 Å². The molecule has 2 atom stereocenters. The van der Waals surface area contributed by atoms with E-state index in [1.165, 1.54) is 23.5 Å². The van der Waals surface area contributed by atoms with Crippen molar-refractivity contribution in [1.29, 1.82) is 0 Å². The van der Waals surface area contributed by atoms with Crippen molar-refractivity contribution in [3.8, 4) is 11.5 Å². The molecule has 1 aliphatic heterocycles. The highest BCUT2D eigenvalue weighted by Crippen LogP contribution is 2.38. The van der Waals surface area contributed by atoms with E-state index in [9.17, 15) is 13.2 Å². The Balaban J connectivity index is 1.65. The third-order valence-electron chi connectivity index (χ3n) is 5.58. The van der Waals surface area contributed by atoms with Crippen LogP contribution in [-0.2, 0) is 14.8 Å². The number of ether oxygens (including phenoxy) is 2. The number of benzene rings is 3. The number of aryl methyl sites for hydroxylation is 1. The lowest BCUT2D eigenvalue weighted by molar-refractivity contribution is -0.128. The highest BCUT2D eigenvalue weighted by atomic mass is 32.2. The Hall–Kier alpha value is -3.52. The van der Waals surface area contributed by atoms with Gasteiger partial charge in [0.15, 0.2) is 6.10 Å². The van der Waals surface area contributed by atoms with Crippen molar-refractivity contribution in [1.82, 2.24) is 5.32 Å². The summed E-state index contributed by atoms with van der Waals surface area (Å²) in [6.45, 7) is 3.62. The highest BCUT2D eigenvalue weighted by molar-refractivity contribution is 7.92. The van der Waals surface area contributed by atoms with Crippen LogP contribution in [-0.4, -0.2) is 34.1 Å². The van der Waals surface area contributed by atoms with Gasteiger partial charge in [0.1, 0.15) is 11.5 Å². The van der Waals surface area contributed by atoms with Crippen molar-refractivity contribution < 1.29 is 22.7 Å². The van der Waals surface area contributed by atoms with E-state index in [0.29, 0.717) is 17.2 Å². The van der Waals surface area contributed by atoms with Crippen molar-refractivity contribution >= 4 is 21.6 Å². The van der Waals surface area contributed by atoms with Gasteiger partial charge < -0.3 is 14.8 Å². The highest BCUT2D eigenvalue weighted by Gasteiger charge is 2.38. The number of anilines is 1. The Morgan fingerprint density at radius 2 is 1.79 bits per heavy atom. The Bertz CT molecular complexity index is 1240. The van der Waals surface area contributed by atoms with E-state index in [0.717, 1.165) is 11.1 Å². The molecular formula is C25H26N2O5S. The fourth-order valence-corrected chi connectivity index (χ4v) is 5.21. The summed E-state index contributed by atoms with van der Waals surface area (Å²) in [5.74, 6) is 0.526. The maximum Gasteiger partial charge on any atom is 0.264 e. The zero-order chi connectivity index (χ0) is 23.6. The van der Waals surface area contributed by atoms with Gasteiger partial charge in [0.05, 0.1) is 30.3 Å². The van der Waals surface area contributed by atoms with Crippen LogP contribution in [0.25, 0.3) is 0 Å². The molecule has 1 N–H and O–H groups in total. The summed E-state index contributed by atoms with van der Waals surface area (Å²) in [6, 6.07) is 20.7. The number of methoxy groups -OCH3 is 1. The SMILES string of the molecule is COc1ccc(S(=O)(=O)N2C[C@@H](C(=O)N[C@H](C)c3ccccc3)Oc3cc(C)ccc32)cc1. The van der Waals surface area contributed by atoms with Crippen LogP contribution in [0.4, 0.5) is 5.69 Å². The second kappa shape index (κ2) is 9.15. The summed E-state index contributed by atoms with van der Waals surface area (Å²) in [5, 5.41) is 2.94. The summed E-state index contributed by atoms with van der Waals surface area (Å²) in [7, 11) is -2.42. The number of amides is 1. The molecule has 7 nitrogen and oxygen atoms in total. The van der Waals surface area contributed by atoms with Gasteiger partial charge in [-0.3, -0.25) is 9.10 Å². The van der Waals surface area contributed by atoms with Crippen LogP contribution in [0.3, 0.4) is 0 Å². The fourth-order valence-electron chi connectivity index (χ4n) is 3.73. The van der Waals surface area contributed by atoms with Gasteiger partial charge in [-0.05, 0) is 61.4 Å². The van der Waals surface area contributed by atoms with E-state index in [1.807, 2.05) is 50.2 Å². The third kappa shape index (κ3) is 4.66. The fraction of sp³-hybridized carbons (Fsp3) is 0.240. The number of rotatable bonds is 6. The van der Waals surface area contributed by atoms with Crippen molar-refractivity contribution in [3.05, 3.63) is 83.9 Å². The summed E-state index contributed by atoms with van der Waals surface area (Å²) >= 11 is 0. The van der Waals surface area contributed by atoms with Crippen LogP contribution >= 0.6 is 0 Å². The van der Waals surface area contributed by atoms with E-state index < -0.39 is 16.1 Å². The molecule has 3 aromatic rings. The van der Waals surface area contributed by atoms with Crippen LogP contribution in [0.1, 0.15) is 24.1 Å². The van der Waals surface area contributed by atoms with Gasteiger partial charge in [-0.1, -0.05) is 36.4 Å². The Morgan fingerprint density at radius 1 is 1.09 bits per heavy atom. The molecule has 1 aliphatic rings. The molecule has 0 spiro atoms. The van der Waals surface area contributed by atoms with Crippen LogP contribution in [0.2, 0.25) is 0 Å². The average molecular weight is 467 g/mol. The van der Waals surface area contributed by atoms with Crippen molar-refractivity contribution in [2.75, 3.05) is 18.0 Å². The number of carbonyl (C=O) groups is 1. The Kier molecular flexibility index (Phi) is 6.29. The number of fused-ring (bicyclic) bond motifs is 1. The Labute approximate surface area is 194 Å². The van der Waals surface area contributed by atoms with Crippen LogP contribution in [0.5, 0.6) is 11.5 Å². The lowest BCUT2D eigenvalue weighted by Crippen LogP contribution is -2.51. The van der Waals surface area contributed by atoms with Gasteiger partial charge in [-0.2, -0.15) is 0 Å². The molecule has 0 bridgehead atoms. The smallest absolute Gasteiger partial charge is 0.264 e. The molecule has 1 amide bonds. The Morgan fingerprint density at radius 3 is 2.45 bits per heavy atom. The topological polar surface area (TPSA) is 84.9 Å². The van der Waals surface area contributed by atoms with Gasteiger partial charge in [-0.15, -0.1) is 0 Å². The maximum atomic E-state index is 13.5. The van der Waals surface area contributed by atoms with E-state index in [-0.39, 0.29) is 23.4 Å². The summed E-state index contributed by atoms with van der Waals surface area (Å²) in [4.78, 5) is 13.2. The van der Waals surface area contributed by atoms with Crippen LogP contribution in [0.15, 0.2) is 77.7 Å². The van der Waals surface area contributed by atoms with E-state index in [2.05, 4.69) is 5.32 Å². The van der Waals surface area contributed by atoms with Gasteiger partial charge in [-0.25, -0.2) is 8.42 Å². The molecule has 0 radical (unpaired) electrons. The quantitative estimate of drug-likeness (QED) is 0.597. The standard InChI is InChI=1S/C25H26N2O5S/c1-17-9-14-22-23(15-17)32-24(25(28)26-18(2)19-7-5-4-6-8-19)16-27(22)33(29,30)21-12-10-20(31-3)11-13-21/h4-15,18,24H,16H2,1-3H3,(H,26,28)/t18-,24+/m1/s1. The first-order valence-corrected chi connectivity index (χ1v) is 12.0. The molecule has 172 valence electrons. The lowest BCUT2D eigenvalue weighted by atomic mass is 10.1. The zero-order valence-electron chi connectivity index (χ0n) is 18.7. The second-order valence-corrected chi connectivity index (χ2v) is 9.79. The normalized spacial score (nSPS) is 16.3. The first-order chi connectivity index (χ1) is 15.8. The number of hydrogen-bond acceptors (Lipinski definition) is 5. The summed E-state index contributed by atoms with van der Waals surface area (Å²) in [6.07, 6.45) is -1.00. The van der Waals surface area contributed by atoms with Crippen molar-refractivity contribution in [3.63, 3.8) is 0 Å². The molecule has 0 aliphatic carbocycles. The molecule has 0 fully saturated rings. The third-order valence-corrected chi connectivity index (χ3v) is 7.38. The first-order valence-electron chi connectivity index (χ1n) is 10.6. The molecule has 0 saturated heterocycles. The second-order valence-electron chi connectivity index (χ2n) is 7.93. The van der Waals surface area contributed by atoms with Gasteiger partial charge in [0, 0.05) is 0 Å². The molecule has 0 unspecified atom stereocenters. The van der Waals surface area contributed by atoms with Crippen LogP contribution < -0.4 is 19.1 Å². The molecule has 33 heavy (non-hydrogen) atoms.